The van der Waals surface area contributed by atoms with Gasteiger partial charge in [0.1, 0.15) is 11.5 Å². The van der Waals surface area contributed by atoms with E-state index in [2.05, 4.69) is 216 Å². The first kappa shape index (κ1) is 35.9. The van der Waals surface area contributed by atoms with Gasteiger partial charge in [-0.2, -0.15) is 0 Å². The molecule has 1 aliphatic carbocycles. The molecule has 0 amide bonds. The molecule has 0 saturated heterocycles. The minimum absolute atomic E-state index is 0.0124. The summed E-state index contributed by atoms with van der Waals surface area (Å²) < 4.78 is 9.92. The third kappa shape index (κ3) is 4.52. The van der Waals surface area contributed by atoms with Crippen LogP contribution in [0, 0.1) is 6.92 Å². The zero-order valence-corrected chi connectivity index (χ0v) is 36.4. The van der Waals surface area contributed by atoms with Gasteiger partial charge in [-0.05, 0) is 145 Å². The highest BCUT2D eigenvalue weighted by molar-refractivity contribution is 6.99. The van der Waals surface area contributed by atoms with E-state index in [1.807, 2.05) is 0 Å². The third-order valence-corrected chi connectivity index (χ3v) is 14.5. The van der Waals surface area contributed by atoms with Crippen molar-refractivity contribution in [2.75, 3.05) is 4.90 Å². The van der Waals surface area contributed by atoms with Crippen molar-refractivity contribution in [3.8, 4) is 28.3 Å². The minimum Gasteiger partial charge on any atom is -0.458 e. The highest BCUT2D eigenvalue weighted by Crippen LogP contribution is 2.64. The summed E-state index contributed by atoms with van der Waals surface area (Å²) in [6, 6.07) is 59.9. The van der Waals surface area contributed by atoms with Gasteiger partial charge in [-0.1, -0.05) is 139 Å². The monoisotopic (exact) mass is 798 g/mol. The molecule has 4 aliphatic rings. The van der Waals surface area contributed by atoms with Crippen LogP contribution in [0.15, 0.2) is 158 Å². The van der Waals surface area contributed by atoms with Crippen LogP contribution in [0.3, 0.4) is 0 Å². The SMILES string of the molecule is Cc1cc2c3c(c1)-n1c4ccc(C(C)(C)C)cc4c4cc(C(C)(C)C)cc(c41)B3c1cc3c(cc1O2)C1(c2ccccc2-3)c2ccccc2N(c2ccccc2)c2ccccc21. The molecule has 298 valence electrons. The first-order valence-electron chi connectivity index (χ1n) is 22.2. The summed E-state index contributed by atoms with van der Waals surface area (Å²) in [5.41, 5.74) is 22.2. The first-order valence-corrected chi connectivity index (χ1v) is 22.2. The second-order valence-corrected chi connectivity index (χ2v) is 20.2. The van der Waals surface area contributed by atoms with Crippen molar-refractivity contribution in [1.82, 2.24) is 4.57 Å². The Kier molecular flexibility index (Phi) is 6.94. The number of hydrogen-bond acceptors (Lipinski definition) is 2. The lowest BCUT2D eigenvalue weighted by Crippen LogP contribution is -2.58. The van der Waals surface area contributed by atoms with Crippen LogP contribution in [0.5, 0.6) is 11.5 Å². The van der Waals surface area contributed by atoms with Gasteiger partial charge in [0.2, 0.25) is 0 Å². The molecule has 8 aromatic carbocycles. The summed E-state index contributed by atoms with van der Waals surface area (Å²) in [6.07, 6.45) is 0. The van der Waals surface area contributed by atoms with Crippen LogP contribution >= 0.6 is 0 Å². The number of ether oxygens (including phenoxy) is 1. The Morgan fingerprint density at radius 3 is 1.85 bits per heavy atom. The number of nitrogens with zero attached hydrogens (tertiary/aromatic N) is 2. The van der Waals surface area contributed by atoms with Crippen LogP contribution in [0.4, 0.5) is 17.1 Å². The van der Waals surface area contributed by atoms with E-state index in [0.717, 1.165) is 17.2 Å². The van der Waals surface area contributed by atoms with Gasteiger partial charge >= 0.3 is 0 Å². The average Bonchev–Trinajstić information content (AvgIpc) is 3.74. The number of hydrogen-bond donors (Lipinski definition) is 0. The average molecular weight is 799 g/mol. The fraction of sp³-hybridized carbons (Fsp3) is 0.172. The van der Waals surface area contributed by atoms with E-state index in [4.69, 9.17) is 4.74 Å². The number of rotatable bonds is 1. The predicted octanol–water partition coefficient (Wildman–Crippen LogP) is 12.8. The van der Waals surface area contributed by atoms with Gasteiger partial charge in [-0.25, -0.2) is 0 Å². The third-order valence-electron chi connectivity index (χ3n) is 14.5. The number of aryl methyl sites for hydroxylation is 1. The molecule has 0 radical (unpaired) electrons. The number of para-hydroxylation sites is 3. The van der Waals surface area contributed by atoms with Crippen LogP contribution in [0.2, 0.25) is 0 Å². The quantitative estimate of drug-likeness (QED) is 0.154. The molecule has 4 heterocycles. The highest BCUT2D eigenvalue weighted by atomic mass is 16.5. The van der Waals surface area contributed by atoms with Gasteiger partial charge in [0.15, 0.2) is 0 Å². The molecule has 1 spiro atoms. The zero-order chi connectivity index (χ0) is 42.0. The lowest BCUT2D eigenvalue weighted by atomic mass is 9.34. The normalized spacial score (nSPS) is 14.9. The summed E-state index contributed by atoms with van der Waals surface area (Å²) in [4.78, 5) is 2.45. The van der Waals surface area contributed by atoms with Crippen molar-refractivity contribution >= 4 is 62.0 Å². The summed E-state index contributed by atoms with van der Waals surface area (Å²) >= 11 is 0. The lowest BCUT2D eigenvalue weighted by Gasteiger charge is -2.45. The second kappa shape index (κ2) is 12.0. The fourth-order valence-electron chi connectivity index (χ4n) is 11.8. The maximum atomic E-state index is 7.37. The molecule has 3 aliphatic heterocycles. The standard InChI is InChI=1S/C58H47BN2O/c1-34-27-51-54-53(28-34)62-52-33-45-39(32-46(52)59(54)47-31-36(57(5,6)7)30-41-40-29-35(56(2,3)4)25-26-48(40)61(51)55(41)47)38-19-11-12-20-42(38)58(45)43-21-13-15-23-49(43)60(37-17-9-8-10-18-37)50-24-16-14-22-44(50)58/h8-33H,1-7H3. The topological polar surface area (TPSA) is 17.4 Å². The summed E-state index contributed by atoms with van der Waals surface area (Å²) in [5.74, 6) is 1.90. The van der Waals surface area contributed by atoms with E-state index in [-0.39, 0.29) is 17.5 Å². The summed E-state index contributed by atoms with van der Waals surface area (Å²) in [7, 11) is 0. The Balaban J connectivity index is 1.13. The Morgan fingerprint density at radius 2 is 1.15 bits per heavy atom. The molecule has 0 fully saturated rings. The number of benzene rings is 8. The first-order chi connectivity index (χ1) is 29.9. The Bertz CT molecular complexity index is 3390. The minimum atomic E-state index is -0.565. The number of anilines is 3. The second-order valence-electron chi connectivity index (χ2n) is 20.2. The van der Waals surface area contributed by atoms with Crippen molar-refractivity contribution in [1.29, 1.82) is 0 Å². The molecule has 0 saturated carbocycles. The van der Waals surface area contributed by atoms with E-state index in [0.29, 0.717) is 0 Å². The van der Waals surface area contributed by atoms with Gasteiger partial charge in [0.05, 0.1) is 22.3 Å². The van der Waals surface area contributed by atoms with E-state index in [1.165, 1.54) is 105 Å². The highest BCUT2D eigenvalue weighted by Gasteiger charge is 2.53. The van der Waals surface area contributed by atoms with Crippen LogP contribution in [0.25, 0.3) is 38.6 Å². The smallest absolute Gasteiger partial charge is 0.256 e. The van der Waals surface area contributed by atoms with Crippen molar-refractivity contribution in [3.05, 3.63) is 197 Å². The lowest BCUT2D eigenvalue weighted by molar-refractivity contribution is 0.485. The van der Waals surface area contributed by atoms with Crippen molar-refractivity contribution in [2.24, 2.45) is 0 Å². The van der Waals surface area contributed by atoms with E-state index >= 15 is 0 Å². The van der Waals surface area contributed by atoms with E-state index in [9.17, 15) is 0 Å². The van der Waals surface area contributed by atoms with Gasteiger partial charge in [-0.3, -0.25) is 0 Å². The molecular weight excluding hydrogens is 751 g/mol. The molecular formula is C58H47BN2O. The molecule has 0 N–H and O–H groups in total. The summed E-state index contributed by atoms with van der Waals surface area (Å²) in [6.45, 7) is 16.2. The molecule has 0 atom stereocenters. The Morgan fingerprint density at radius 1 is 0.500 bits per heavy atom. The molecule has 0 unspecified atom stereocenters. The molecule has 3 nitrogen and oxygen atoms in total. The molecule has 62 heavy (non-hydrogen) atoms. The van der Waals surface area contributed by atoms with Gasteiger partial charge in [0.25, 0.3) is 6.71 Å². The molecule has 13 rings (SSSR count). The van der Waals surface area contributed by atoms with Crippen LogP contribution < -0.4 is 26.0 Å². The van der Waals surface area contributed by atoms with Crippen molar-refractivity contribution in [2.45, 2.75) is 64.7 Å². The van der Waals surface area contributed by atoms with Crippen molar-refractivity contribution < 1.29 is 4.74 Å². The maximum Gasteiger partial charge on any atom is 0.256 e. The zero-order valence-electron chi connectivity index (χ0n) is 36.4. The van der Waals surface area contributed by atoms with Gasteiger partial charge in [-0.15, -0.1) is 0 Å². The number of fused-ring (bicyclic) bond motifs is 16. The van der Waals surface area contributed by atoms with Gasteiger partial charge < -0.3 is 14.2 Å². The molecule has 4 heteroatoms. The fourth-order valence-corrected chi connectivity index (χ4v) is 11.8. The maximum absolute atomic E-state index is 7.37. The number of aromatic nitrogens is 1. The van der Waals surface area contributed by atoms with Crippen molar-refractivity contribution in [3.63, 3.8) is 0 Å². The molecule has 0 bridgehead atoms. The largest absolute Gasteiger partial charge is 0.458 e. The summed E-state index contributed by atoms with van der Waals surface area (Å²) in [5, 5.41) is 2.65. The Labute approximate surface area is 364 Å². The van der Waals surface area contributed by atoms with Gasteiger partial charge in [0, 0.05) is 27.7 Å². The molecule has 1 aromatic heterocycles. The van der Waals surface area contributed by atoms with Crippen LogP contribution in [-0.2, 0) is 16.2 Å². The van der Waals surface area contributed by atoms with Crippen LogP contribution in [0.1, 0.15) is 80.5 Å². The predicted molar refractivity (Wildman–Crippen MR) is 260 cm³/mol. The van der Waals surface area contributed by atoms with Crippen LogP contribution in [-0.4, -0.2) is 11.3 Å². The molecule has 9 aromatic rings. The van der Waals surface area contributed by atoms with E-state index < -0.39 is 5.41 Å². The Hall–Kier alpha value is -6.78. The van der Waals surface area contributed by atoms with E-state index in [1.54, 1.807) is 0 Å².